The summed E-state index contributed by atoms with van der Waals surface area (Å²) in [4.78, 5) is 8.74. The molecule has 24 heavy (non-hydrogen) atoms. The first-order chi connectivity index (χ1) is 11.0. The molecule has 0 bridgehead atoms. The van der Waals surface area contributed by atoms with Crippen LogP contribution in [-0.4, -0.2) is 37.5 Å². The number of benzene rings is 1. The highest BCUT2D eigenvalue weighted by Gasteiger charge is 2.30. The van der Waals surface area contributed by atoms with Gasteiger partial charge >= 0.3 is 0 Å². The number of aromatic nitrogens is 2. The second-order valence-electron chi connectivity index (χ2n) is 5.26. The van der Waals surface area contributed by atoms with E-state index in [1.54, 1.807) is 24.3 Å². The van der Waals surface area contributed by atoms with Gasteiger partial charge in [0.2, 0.25) is 5.89 Å². The molecule has 2 heterocycles. The van der Waals surface area contributed by atoms with Crippen molar-refractivity contribution in [3.05, 3.63) is 41.5 Å². The van der Waals surface area contributed by atoms with E-state index in [1.807, 2.05) is 14.0 Å². The second kappa shape index (κ2) is 7.29. The van der Waals surface area contributed by atoms with Crippen LogP contribution in [0, 0.1) is 0 Å². The normalized spacial score (nSPS) is 17.8. The zero-order chi connectivity index (χ0) is 16.4. The molecule has 8 nitrogen and oxygen atoms in total. The van der Waals surface area contributed by atoms with Gasteiger partial charge in [0.1, 0.15) is 12.4 Å². The third-order valence-corrected chi connectivity index (χ3v) is 4.92. The minimum atomic E-state index is -3.53. The summed E-state index contributed by atoms with van der Waals surface area (Å²) in [5.74, 6) is 1.23. The van der Waals surface area contributed by atoms with Crippen molar-refractivity contribution in [1.82, 2.24) is 20.2 Å². The van der Waals surface area contributed by atoms with Crippen molar-refractivity contribution in [1.29, 1.82) is 0 Å². The number of aliphatic imine (C=N–C) groups is 1. The van der Waals surface area contributed by atoms with E-state index in [1.165, 1.54) is 0 Å². The van der Waals surface area contributed by atoms with E-state index in [0.717, 1.165) is 0 Å². The fourth-order valence-electron chi connectivity index (χ4n) is 2.21. The lowest BCUT2D eigenvalue weighted by atomic mass is 10.2. The molecule has 0 saturated heterocycles. The third kappa shape index (κ3) is 3.74. The van der Waals surface area contributed by atoms with Gasteiger partial charge in [-0.3, -0.25) is 9.71 Å². The maximum atomic E-state index is 12.0. The molecule has 0 saturated carbocycles. The Morgan fingerprint density at radius 1 is 1.38 bits per heavy atom. The lowest BCUT2D eigenvalue weighted by molar-refractivity contribution is 0.373. The summed E-state index contributed by atoms with van der Waals surface area (Å²) in [5.41, 5.74) is 0.552. The molecule has 2 aromatic rings. The number of fused-ring (bicyclic) bond motifs is 1. The van der Waals surface area contributed by atoms with E-state index in [4.69, 9.17) is 4.52 Å². The minimum absolute atomic E-state index is 0. The van der Waals surface area contributed by atoms with E-state index >= 15 is 0 Å². The summed E-state index contributed by atoms with van der Waals surface area (Å²) in [7, 11) is -1.67. The largest absolute Gasteiger partial charge is 0.337 e. The van der Waals surface area contributed by atoms with Gasteiger partial charge in [-0.2, -0.15) is 4.98 Å². The fraction of sp³-hybridized carbons (Fsp3) is 0.357. The van der Waals surface area contributed by atoms with Crippen molar-refractivity contribution in [2.75, 3.05) is 7.05 Å². The molecular weight excluding hydrogens is 354 g/mol. The van der Waals surface area contributed by atoms with Crippen LogP contribution >= 0.6 is 12.4 Å². The number of hydrogen-bond acceptors (Lipinski definition) is 7. The van der Waals surface area contributed by atoms with Gasteiger partial charge in [0.25, 0.3) is 10.0 Å². The Kier molecular flexibility index (Phi) is 5.58. The summed E-state index contributed by atoms with van der Waals surface area (Å²) in [6.07, 6.45) is 0.645. The number of nitrogens with zero attached hydrogens (tertiary/aromatic N) is 3. The second-order valence-corrected chi connectivity index (χ2v) is 6.92. The molecule has 0 radical (unpaired) electrons. The summed E-state index contributed by atoms with van der Waals surface area (Å²) in [5, 5.41) is 6.98. The molecule has 0 spiro atoms. The monoisotopic (exact) mass is 371 g/mol. The molecule has 1 atom stereocenters. The summed E-state index contributed by atoms with van der Waals surface area (Å²) >= 11 is 0. The average molecular weight is 372 g/mol. The lowest BCUT2D eigenvalue weighted by Gasteiger charge is -2.04. The molecule has 10 heteroatoms. The van der Waals surface area contributed by atoms with Gasteiger partial charge in [-0.1, -0.05) is 17.3 Å². The number of rotatable bonds is 5. The predicted octanol–water partition coefficient (Wildman–Crippen LogP) is 0.880. The Morgan fingerprint density at radius 2 is 2.12 bits per heavy atom. The number of hydrogen-bond donors (Lipinski definition) is 2. The maximum absolute atomic E-state index is 12.0. The van der Waals surface area contributed by atoms with Gasteiger partial charge in [-0.05, 0) is 26.1 Å². The molecule has 130 valence electrons. The van der Waals surface area contributed by atoms with Crippen LogP contribution in [0.2, 0.25) is 0 Å². The Morgan fingerprint density at radius 3 is 2.88 bits per heavy atom. The summed E-state index contributed by atoms with van der Waals surface area (Å²) in [6, 6.07) is 6.93. The van der Waals surface area contributed by atoms with Crippen LogP contribution in [0.4, 0.5) is 0 Å². The quantitative estimate of drug-likeness (QED) is 0.807. The minimum Gasteiger partial charge on any atom is -0.337 e. The average Bonchev–Trinajstić information content (AvgIpc) is 3.08. The molecule has 3 rings (SSSR count). The van der Waals surface area contributed by atoms with Gasteiger partial charge in [0.05, 0.1) is 4.90 Å². The SMILES string of the molecule is CNC(C)Cc1noc(CN=C2NS(=O)(=O)c3ccccc32)n1.Cl. The van der Waals surface area contributed by atoms with Gasteiger partial charge in [0.15, 0.2) is 5.82 Å². The predicted molar refractivity (Wildman–Crippen MR) is 90.8 cm³/mol. The number of likely N-dealkylation sites (N-methyl/N-ethyl adjacent to an activating group) is 1. The highest BCUT2D eigenvalue weighted by molar-refractivity contribution is 7.90. The maximum Gasteiger partial charge on any atom is 0.263 e. The molecule has 1 aliphatic heterocycles. The van der Waals surface area contributed by atoms with Crippen LogP contribution in [0.25, 0.3) is 0 Å². The Bertz CT molecular complexity index is 850. The third-order valence-electron chi connectivity index (χ3n) is 3.53. The smallest absolute Gasteiger partial charge is 0.263 e. The van der Waals surface area contributed by atoms with Crippen molar-refractivity contribution in [2.24, 2.45) is 4.99 Å². The van der Waals surface area contributed by atoms with E-state index in [0.29, 0.717) is 29.5 Å². The van der Waals surface area contributed by atoms with Crippen molar-refractivity contribution in [3.63, 3.8) is 0 Å². The number of nitrogens with one attached hydrogen (secondary N) is 2. The standard InChI is InChI=1S/C14H17N5O3S.ClH/c1-9(15-2)7-12-17-13(22-18-12)8-16-14-10-5-3-4-6-11(10)23(20,21)19-14;/h3-6,9,15H,7-8H2,1-2H3,(H,16,19);1H. The van der Waals surface area contributed by atoms with Crippen molar-refractivity contribution in [3.8, 4) is 0 Å². The van der Waals surface area contributed by atoms with Gasteiger partial charge < -0.3 is 9.84 Å². The lowest BCUT2D eigenvalue weighted by Crippen LogP contribution is -2.24. The Balaban J connectivity index is 0.00000208. The Labute approximate surface area is 146 Å². The highest BCUT2D eigenvalue weighted by atomic mass is 35.5. The number of halogens is 1. The van der Waals surface area contributed by atoms with Gasteiger partial charge in [-0.25, -0.2) is 8.42 Å². The Hall–Kier alpha value is -1.97. The zero-order valence-corrected chi connectivity index (χ0v) is 14.8. The van der Waals surface area contributed by atoms with Crippen LogP contribution in [0.5, 0.6) is 0 Å². The van der Waals surface area contributed by atoms with Crippen LogP contribution in [0.1, 0.15) is 24.2 Å². The highest BCUT2D eigenvalue weighted by Crippen LogP contribution is 2.22. The number of amidine groups is 1. The van der Waals surface area contributed by atoms with Crippen LogP contribution in [0.15, 0.2) is 38.7 Å². The van der Waals surface area contributed by atoms with Crippen molar-refractivity contribution < 1.29 is 12.9 Å². The first-order valence-electron chi connectivity index (χ1n) is 7.15. The van der Waals surface area contributed by atoms with Gasteiger partial charge in [0, 0.05) is 18.0 Å². The van der Waals surface area contributed by atoms with Crippen LogP contribution < -0.4 is 10.0 Å². The molecule has 2 N–H and O–H groups in total. The first-order valence-corrected chi connectivity index (χ1v) is 8.63. The van der Waals surface area contributed by atoms with Crippen molar-refractivity contribution >= 4 is 28.3 Å². The molecule has 1 aromatic carbocycles. The topological polar surface area (TPSA) is 109 Å². The molecule has 0 aliphatic carbocycles. The molecule has 1 unspecified atom stereocenters. The summed E-state index contributed by atoms with van der Waals surface area (Å²) < 4.78 is 31.5. The van der Waals surface area contributed by atoms with E-state index in [-0.39, 0.29) is 29.9 Å². The zero-order valence-electron chi connectivity index (χ0n) is 13.2. The van der Waals surface area contributed by atoms with E-state index in [9.17, 15) is 8.42 Å². The fourth-order valence-corrected chi connectivity index (χ4v) is 3.46. The van der Waals surface area contributed by atoms with E-state index in [2.05, 4.69) is 25.2 Å². The molecule has 1 aliphatic rings. The summed E-state index contributed by atoms with van der Waals surface area (Å²) in [6.45, 7) is 2.13. The molecule has 0 amide bonds. The number of sulfonamides is 1. The van der Waals surface area contributed by atoms with Crippen LogP contribution in [0.3, 0.4) is 0 Å². The molecular formula is C14H18ClN5O3S. The van der Waals surface area contributed by atoms with Gasteiger partial charge in [-0.15, -0.1) is 12.4 Å². The van der Waals surface area contributed by atoms with Crippen molar-refractivity contribution in [2.45, 2.75) is 30.8 Å². The van der Waals surface area contributed by atoms with E-state index < -0.39 is 10.0 Å². The first kappa shape index (κ1) is 18.4. The molecule has 1 aromatic heterocycles. The molecule has 0 fully saturated rings. The van der Waals surface area contributed by atoms with Crippen LogP contribution in [-0.2, 0) is 23.0 Å².